The van der Waals surface area contributed by atoms with Crippen LogP contribution in [-0.2, 0) is 9.47 Å². The predicted molar refractivity (Wildman–Crippen MR) is 78.6 cm³/mol. The fraction of sp³-hybridized carbons (Fsp3) is 0.929. The molecule has 1 rings (SSSR count). The summed E-state index contributed by atoms with van der Waals surface area (Å²) in [5.74, 6) is 1.39. The molecule has 19 heavy (non-hydrogen) atoms. The van der Waals surface area contributed by atoms with Gasteiger partial charge in [0.05, 0.1) is 12.2 Å². The van der Waals surface area contributed by atoms with E-state index in [4.69, 9.17) is 9.47 Å². The third kappa shape index (κ3) is 6.78. The minimum atomic E-state index is -0.0498. The molecule has 0 aliphatic carbocycles. The topological polar surface area (TPSA) is 54.9 Å². The van der Waals surface area contributed by atoms with Crippen LogP contribution in [0.25, 0.3) is 0 Å². The third-order valence-electron chi connectivity index (χ3n) is 3.14. The van der Waals surface area contributed by atoms with E-state index < -0.39 is 0 Å². The highest BCUT2D eigenvalue weighted by Gasteiger charge is 2.29. The number of rotatable bonds is 7. The van der Waals surface area contributed by atoms with E-state index in [-0.39, 0.29) is 5.60 Å². The fourth-order valence-corrected chi connectivity index (χ4v) is 2.03. The second-order valence-electron chi connectivity index (χ2n) is 5.72. The summed E-state index contributed by atoms with van der Waals surface area (Å²) in [5.41, 5.74) is -0.0498. The van der Waals surface area contributed by atoms with Gasteiger partial charge in [-0.3, -0.25) is 4.99 Å². The van der Waals surface area contributed by atoms with E-state index in [9.17, 15) is 0 Å². The Morgan fingerprint density at radius 3 is 2.79 bits per heavy atom. The second-order valence-corrected chi connectivity index (χ2v) is 5.72. The molecule has 1 aliphatic heterocycles. The summed E-state index contributed by atoms with van der Waals surface area (Å²) in [7, 11) is 1.78. The third-order valence-corrected chi connectivity index (χ3v) is 3.14. The number of ether oxygens (including phenoxy) is 2. The van der Waals surface area contributed by atoms with Crippen molar-refractivity contribution in [1.29, 1.82) is 0 Å². The highest BCUT2D eigenvalue weighted by molar-refractivity contribution is 5.79. The molecule has 5 heteroatoms. The normalized spacial score (nSPS) is 23.9. The summed E-state index contributed by atoms with van der Waals surface area (Å²) >= 11 is 0. The van der Waals surface area contributed by atoms with Gasteiger partial charge in [-0.2, -0.15) is 0 Å². The predicted octanol–water partition coefficient (Wildman–Crippen LogP) is 1.39. The first-order valence-electron chi connectivity index (χ1n) is 7.22. The van der Waals surface area contributed by atoms with Gasteiger partial charge in [-0.15, -0.1) is 0 Å². The number of nitrogens with one attached hydrogen (secondary N) is 2. The molecule has 5 nitrogen and oxygen atoms in total. The minimum absolute atomic E-state index is 0.0498. The van der Waals surface area contributed by atoms with Crippen molar-refractivity contribution < 1.29 is 9.47 Å². The average molecular weight is 271 g/mol. The molecule has 0 radical (unpaired) electrons. The zero-order valence-corrected chi connectivity index (χ0v) is 12.8. The lowest BCUT2D eigenvalue weighted by Crippen LogP contribution is -2.46. The maximum absolute atomic E-state index is 5.73. The van der Waals surface area contributed by atoms with Gasteiger partial charge in [0, 0.05) is 33.4 Å². The minimum Gasteiger partial charge on any atom is -0.379 e. The van der Waals surface area contributed by atoms with Crippen LogP contribution in [0.3, 0.4) is 0 Å². The van der Waals surface area contributed by atoms with Crippen LogP contribution in [0.2, 0.25) is 0 Å². The lowest BCUT2D eigenvalue weighted by atomic mass is 10.0. The Labute approximate surface area is 117 Å². The first-order valence-corrected chi connectivity index (χ1v) is 7.22. The molecule has 112 valence electrons. The van der Waals surface area contributed by atoms with Crippen molar-refractivity contribution in [2.45, 2.75) is 39.2 Å². The smallest absolute Gasteiger partial charge is 0.191 e. The van der Waals surface area contributed by atoms with Gasteiger partial charge in [0.1, 0.15) is 0 Å². The van der Waals surface area contributed by atoms with E-state index in [0.717, 1.165) is 45.1 Å². The second kappa shape index (κ2) is 8.38. The van der Waals surface area contributed by atoms with Crippen molar-refractivity contribution in [3.05, 3.63) is 0 Å². The Kier molecular flexibility index (Phi) is 7.16. The highest BCUT2D eigenvalue weighted by Crippen LogP contribution is 2.23. The highest BCUT2D eigenvalue weighted by atomic mass is 16.5. The van der Waals surface area contributed by atoms with Crippen molar-refractivity contribution in [2.24, 2.45) is 10.9 Å². The molecule has 2 N–H and O–H groups in total. The molecule has 1 unspecified atom stereocenters. The SMILES string of the molecule is CN=C(NCCOCC(C)C)NCC1(C)CCCO1. The molecule has 0 aromatic carbocycles. The number of nitrogens with zero attached hydrogens (tertiary/aromatic N) is 1. The number of guanidine groups is 1. The van der Waals surface area contributed by atoms with E-state index in [0.29, 0.717) is 12.5 Å². The van der Waals surface area contributed by atoms with Crippen molar-refractivity contribution in [1.82, 2.24) is 10.6 Å². The van der Waals surface area contributed by atoms with E-state index in [1.807, 2.05) is 0 Å². The van der Waals surface area contributed by atoms with Gasteiger partial charge in [-0.25, -0.2) is 0 Å². The van der Waals surface area contributed by atoms with Gasteiger partial charge >= 0.3 is 0 Å². The van der Waals surface area contributed by atoms with Crippen LogP contribution in [0.15, 0.2) is 4.99 Å². The molecule has 0 spiro atoms. The van der Waals surface area contributed by atoms with E-state index in [2.05, 4.69) is 36.4 Å². The number of hydrogen-bond acceptors (Lipinski definition) is 3. The van der Waals surface area contributed by atoms with Gasteiger partial charge in [0.15, 0.2) is 5.96 Å². The maximum atomic E-state index is 5.73. The van der Waals surface area contributed by atoms with Gasteiger partial charge in [0.25, 0.3) is 0 Å². The van der Waals surface area contributed by atoms with E-state index in [1.54, 1.807) is 7.05 Å². The summed E-state index contributed by atoms with van der Waals surface area (Å²) in [4.78, 5) is 4.20. The van der Waals surface area contributed by atoms with Crippen molar-refractivity contribution >= 4 is 5.96 Å². The van der Waals surface area contributed by atoms with Crippen molar-refractivity contribution in [3.8, 4) is 0 Å². The zero-order chi connectivity index (χ0) is 14.1. The molecule has 0 aromatic rings. The standard InChI is InChI=1S/C14H29N3O2/c1-12(2)10-18-9-7-16-13(15-4)17-11-14(3)6-5-8-19-14/h12H,5-11H2,1-4H3,(H2,15,16,17). The lowest BCUT2D eigenvalue weighted by Gasteiger charge is -2.24. The first-order chi connectivity index (χ1) is 9.06. The Bertz CT molecular complexity index is 274. The maximum Gasteiger partial charge on any atom is 0.191 e. The Morgan fingerprint density at radius 2 is 2.21 bits per heavy atom. The zero-order valence-electron chi connectivity index (χ0n) is 12.8. The Hall–Kier alpha value is -0.810. The summed E-state index contributed by atoms with van der Waals surface area (Å²) in [6.07, 6.45) is 2.25. The number of aliphatic imine (C=N–C) groups is 1. The van der Waals surface area contributed by atoms with Crippen LogP contribution in [0, 0.1) is 5.92 Å². The molecule has 1 fully saturated rings. The van der Waals surface area contributed by atoms with E-state index >= 15 is 0 Å². The summed E-state index contributed by atoms with van der Waals surface area (Å²) in [5, 5.41) is 6.55. The molecule has 1 atom stereocenters. The Balaban J connectivity index is 2.12. The van der Waals surface area contributed by atoms with Gasteiger partial charge in [-0.05, 0) is 25.7 Å². The molecular formula is C14H29N3O2. The molecule has 0 aromatic heterocycles. The summed E-state index contributed by atoms with van der Waals surface area (Å²) in [6, 6.07) is 0. The quantitative estimate of drug-likeness (QED) is 0.417. The van der Waals surface area contributed by atoms with Crippen LogP contribution in [0.1, 0.15) is 33.6 Å². The Morgan fingerprint density at radius 1 is 1.42 bits per heavy atom. The average Bonchev–Trinajstić information content (AvgIpc) is 2.79. The fourth-order valence-electron chi connectivity index (χ4n) is 2.03. The molecule has 0 amide bonds. The number of hydrogen-bond donors (Lipinski definition) is 2. The van der Waals surface area contributed by atoms with Crippen LogP contribution < -0.4 is 10.6 Å². The van der Waals surface area contributed by atoms with Crippen LogP contribution in [-0.4, -0.2) is 51.5 Å². The van der Waals surface area contributed by atoms with E-state index in [1.165, 1.54) is 0 Å². The van der Waals surface area contributed by atoms with Crippen LogP contribution in [0.5, 0.6) is 0 Å². The van der Waals surface area contributed by atoms with Gasteiger partial charge in [0.2, 0.25) is 0 Å². The monoisotopic (exact) mass is 271 g/mol. The first kappa shape index (κ1) is 16.2. The molecule has 1 aliphatic rings. The largest absolute Gasteiger partial charge is 0.379 e. The van der Waals surface area contributed by atoms with Gasteiger partial charge in [-0.1, -0.05) is 13.8 Å². The van der Waals surface area contributed by atoms with Crippen LogP contribution >= 0.6 is 0 Å². The molecular weight excluding hydrogens is 242 g/mol. The molecule has 0 saturated carbocycles. The molecule has 1 heterocycles. The van der Waals surface area contributed by atoms with Crippen LogP contribution in [0.4, 0.5) is 0 Å². The summed E-state index contributed by atoms with van der Waals surface area (Å²) in [6.45, 7) is 10.4. The van der Waals surface area contributed by atoms with Gasteiger partial charge < -0.3 is 20.1 Å². The summed E-state index contributed by atoms with van der Waals surface area (Å²) < 4.78 is 11.3. The lowest BCUT2D eigenvalue weighted by molar-refractivity contribution is 0.0242. The van der Waals surface area contributed by atoms with Crippen molar-refractivity contribution in [2.75, 3.05) is 40.0 Å². The molecule has 1 saturated heterocycles. The molecule has 0 bridgehead atoms. The van der Waals surface area contributed by atoms with Crippen molar-refractivity contribution in [3.63, 3.8) is 0 Å².